The maximum Gasteiger partial charge on any atom is 0.336 e. The molecule has 0 bridgehead atoms. The van der Waals surface area contributed by atoms with Gasteiger partial charge in [0.1, 0.15) is 11.5 Å². The summed E-state index contributed by atoms with van der Waals surface area (Å²) in [4.78, 5) is 34.5. The quantitative estimate of drug-likeness (QED) is 0.227. The minimum absolute atomic E-state index is 0.279. The molecule has 3 aromatic rings. The summed E-state index contributed by atoms with van der Waals surface area (Å²) in [7, 11) is 0. The number of rotatable bonds is 10. The normalized spacial score (nSPS) is 10.4. The fourth-order valence-corrected chi connectivity index (χ4v) is 3.03. The zero-order valence-corrected chi connectivity index (χ0v) is 19.0. The van der Waals surface area contributed by atoms with Crippen LogP contribution >= 0.6 is 0 Å². The second-order valence-electron chi connectivity index (χ2n) is 7.29. The maximum atomic E-state index is 12.2. The van der Waals surface area contributed by atoms with Crippen LogP contribution in [-0.4, -0.2) is 24.5 Å². The van der Waals surface area contributed by atoms with E-state index in [2.05, 4.69) is 13.2 Å². The molecule has 0 amide bonds. The van der Waals surface area contributed by atoms with Crippen LogP contribution in [0.1, 0.15) is 11.1 Å². The van der Waals surface area contributed by atoms with Crippen LogP contribution in [0.2, 0.25) is 0 Å². The Morgan fingerprint density at radius 2 is 1.17 bits per heavy atom. The topological polar surface area (TPSA) is 78.9 Å². The van der Waals surface area contributed by atoms with Crippen LogP contribution in [0.3, 0.4) is 0 Å². The third-order valence-electron chi connectivity index (χ3n) is 4.84. The monoisotopic (exact) mass is 468 g/mol. The summed E-state index contributed by atoms with van der Waals surface area (Å²) in [6, 6.07) is 21.7. The van der Waals surface area contributed by atoms with Crippen molar-refractivity contribution in [1.29, 1.82) is 0 Å². The van der Waals surface area contributed by atoms with E-state index in [1.807, 2.05) is 48.5 Å². The highest BCUT2D eigenvalue weighted by Gasteiger charge is 2.05. The van der Waals surface area contributed by atoms with Crippen LogP contribution in [0.25, 0.3) is 17.2 Å². The Morgan fingerprint density at radius 3 is 1.69 bits per heavy atom. The lowest BCUT2D eigenvalue weighted by Gasteiger charge is -2.06. The van der Waals surface area contributed by atoms with E-state index in [0.717, 1.165) is 34.4 Å². The lowest BCUT2D eigenvalue weighted by atomic mass is 10.1. The SMILES string of the molecule is C=CC(=O)OCCc1ccc(C=CC(=O)Oc2ccc(-c3ccc(OC(=O)C=C)cc3)cc2)cc1. The largest absolute Gasteiger partial charge is 0.462 e. The number of hydrogen-bond donors (Lipinski definition) is 0. The molecule has 3 aromatic carbocycles. The van der Waals surface area contributed by atoms with Crippen molar-refractivity contribution in [3.8, 4) is 22.6 Å². The molecule has 0 unspecified atom stereocenters. The minimum Gasteiger partial charge on any atom is -0.462 e. The van der Waals surface area contributed by atoms with Gasteiger partial charge in [0.15, 0.2) is 0 Å². The van der Waals surface area contributed by atoms with Gasteiger partial charge in [-0.05, 0) is 52.6 Å². The van der Waals surface area contributed by atoms with Gasteiger partial charge in [-0.15, -0.1) is 0 Å². The molecule has 0 aliphatic carbocycles. The highest BCUT2D eigenvalue weighted by Crippen LogP contribution is 2.25. The average Bonchev–Trinajstić information content (AvgIpc) is 2.89. The van der Waals surface area contributed by atoms with Crippen LogP contribution < -0.4 is 9.47 Å². The smallest absolute Gasteiger partial charge is 0.336 e. The number of esters is 3. The van der Waals surface area contributed by atoms with Crippen LogP contribution in [0.4, 0.5) is 0 Å². The van der Waals surface area contributed by atoms with Crippen LogP contribution in [-0.2, 0) is 25.5 Å². The summed E-state index contributed by atoms with van der Waals surface area (Å²) in [5, 5.41) is 0. The fourth-order valence-electron chi connectivity index (χ4n) is 3.03. The molecule has 0 radical (unpaired) electrons. The number of ether oxygens (including phenoxy) is 3. The molecule has 0 atom stereocenters. The van der Waals surface area contributed by atoms with Crippen molar-refractivity contribution in [1.82, 2.24) is 0 Å². The standard InChI is InChI=1S/C29H24O6/c1-3-27(30)33-20-19-22-7-5-21(6-8-22)9-18-29(32)35-26-16-12-24(13-17-26)23-10-14-25(15-11-23)34-28(31)4-2/h3-18H,1-2,19-20H2. The van der Waals surface area contributed by atoms with Gasteiger partial charge in [0.25, 0.3) is 0 Å². The summed E-state index contributed by atoms with van der Waals surface area (Å²) < 4.78 is 15.4. The van der Waals surface area contributed by atoms with Gasteiger partial charge in [-0.2, -0.15) is 0 Å². The van der Waals surface area contributed by atoms with Gasteiger partial charge in [-0.1, -0.05) is 61.7 Å². The Morgan fingerprint density at radius 1 is 0.657 bits per heavy atom. The molecule has 0 aliphatic rings. The number of carbonyl (C=O) groups excluding carboxylic acids is 3. The molecule has 6 nitrogen and oxygen atoms in total. The summed E-state index contributed by atoms with van der Waals surface area (Å²) in [6.45, 7) is 7.00. The molecule has 0 saturated carbocycles. The molecule has 3 rings (SSSR count). The summed E-state index contributed by atoms with van der Waals surface area (Å²) in [5.41, 5.74) is 3.69. The maximum absolute atomic E-state index is 12.2. The Bertz CT molecular complexity index is 1220. The van der Waals surface area contributed by atoms with Crippen molar-refractivity contribution >= 4 is 24.0 Å². The first-order valence-corrected chi connectivity index (χ1v) is 10.8. The average molecular weight is 469 g/mol. The van der Waals surface area contributed by atoms with Gasteiger partial charge in [-0.25, -0.2) is 14.4 Å². The molecule has 35 heavy (non-hydrogen) atoms. The predicted octanol–water partition coefficient (Wildman–Crippen LogP) is 5.34. The van der Waals surface area contributed by atoms with E-state index in [1.165, 1.54) is 6.08 Å². The zero-order valence-electron chi connectivity index (χ0n) is 19.0. The van der Waals surface area contributed by atoms with Crippen LogP contribution in [0.5, 0.6) is 11.5 Å². The second kappa shape index (κ2) is 12.5. The van der Waals surface area contributed by atoms with E-state index in [9.17, 15) is 14.4 Å². The zero-order chi connectivity index (χ0) is 25.0. The molecule has 0 fully saturated rings. The Kier molecular flexibility index (Phi) is 8.91. The van der Waals surface area contributed by atoms with Gasteiger partial charge in [0.05, 0.1) is 6.61 Å². The van der Waals surface area contributed by atoms with Crippen molar-refractivity contribution in [2.75, 3.05) is 6.61 Å². The van der Waals surface area contributed by atoms with Crippen LogP contribution in [0.15, 0.2) is 104 Å². The molecule has 6 heteroatoms. The van der Waals surface area contributed by atoms with E-state index in [0.29, 0.717) is 17.9 Å². The van der Waals surface area contributed by atoms with E-state index >= 15 is 0 Å². The Labute approximate surface area is 203 Å². The highest BCUT2D eigenvalue weighted by atomic mass is 16.5. The number of carbonyl (C=O) groups is 3. The first-order valence-electron chi connectivity index (χ1n) is 10.8. The first-order chi connectivity index (χ1) is 17.0. The van der Waals surface area contributed by atoms with Gasteiger partial charge >= 0.3 is 17.9 Å². The first kappa shape index (κ1) is 24.9. The lowest BCUT2D eigenvalue weighted by molar-refractivity contribution is -0.137. The molecule has 0 N–H and O–H groups in total. The summed E-state index contributed by atoms with van der Waals surface area (Å²) in [5.74, 6) is -0.602. The van der Waals surface area contributed by atoms with Crippen molar-refractivity contribution in [3.63, 3.8) is 0 Å². The number of hydrogen-bond acceptors (Lipinski definition) is 6. The number of benzene rings is 3. The predicted molar refractivity (Wildman–Crippen MR) is 134 cm³/mol. The van der Waals surface area contributed by atoms with Gasteiger partial charge in [0.2, 0.25) is 0 Å². The Balaban J connectivity index is 1.51. The molecule has 0 aliphatic heterocycles. The van der Waals surface area contributed by atoms with Crippen LogP contribution in [0, 0.1) is 0 Å². The second-order valence-corrected chi connectivity index (χ2v) is 7.29. The summed E-state index contributed by atoms with van der Waals surface area (Å²) in [6.07, 6.45) is 5.85. The van der Waals surface area contributed by atoms with E-state index in [4.69, 9.17) is 14.2 Å². The van der Waals surface area contributed by atoms with E-state index in [1.54, 1.807) is 30.3 Å². The third kappa shape index (κ3) is 7.98. The molecule has 0 heterocycles. The minimum atomic E-state index is -0.515. The molecular formula is C29H24O6. The van der Waals surface area contributed by atoms with Crippen molar-refractivity contribution in [2.24, 2.45) is 0 Å². The highest BCUT2D eigenvalue weighted by molar-refractivity contribution is 5.88. The fraction of sp³-hybridized carbons (Fsp3) is 0.0690. The molecule has 0 spiro atoms. The molecule has 176 valence electrons. The van der Waals surface area contributed by atoms with E-state index < -0.39 is 17.9 Å². The van der Waals surface area contributed by atoms with Gasteiger partial charge in [0, 0.05) is 24.6 Å². The van der Waals surface area contributed by atoms with Gasteiger partial charge < -0.3 is 14.2 Å². The summed E-state index contributed by atoms with van der Waals surface area (Å²) >= 11 is 0. The molecule has 0 saturated heterocycles. The molecule has 0 aromatic heterocycles. The van der Waals surface area contributed by atoms with Crippen molar-refractivity contribution < 1.29 is 28.6 Å². The molecular weight excluding hydrogens is 444 g/mol. The third-order valence-corrected chi connectivity index (χ3v) is 4.84. The Hall–Kier alpha value is -4.71. The van der Waals surface area contributed by atoms with Gasteiger partial charge in [-0.3, -0.25) is 0 Å². The lowest BCUT2D eigenvalue weighted by Crippen LogP contribution is -2.04. The van der Waals surface area contributed by atoms with Crippen molar-refractivity contribution in [3.05, 3.63) is 115 Å². The van der Waals surface area contributed by atoms with E-state index in [-0.39, 0.29) is 6.61 Å². The van der Waals surface area contributed by atoms with Crippen molar-refractivity contribution in [2.45, 2.75) is 6.42 Å².